The van der Waals surface area contributed by atoms with Crippen LogP contribution in [-0.2, 0) is 20.7 Å². The van der Waals surface area contributed by atoms with Crippen molar-refractivity contribution in [1.82, 2.24) is 4.98 Å². The number of rotatable bonds is 5. The van der Waals surface area contributed by atoms with Crippen LogP contribution >= 0.6 is 11.6 Å². The highest BCUT2D eigenvalue weighted by Gasteiger charge is 2.20. The third-order valence-electron chi connectivity index (χ3n) is 4.26. The lowest BCUT2D eigenvalue weighted by molar-refractivity contribution is -0.152. The maximum Gasteiger partial charge on any atom is 0.311 e. The second-order valence-corrected chi connectivity index (χ2v) is 6.79. The van der Waals surface area contributed by atoms with Crippen molar-refractivity contribution in [2.75, 3.05) is 5.32 Å². The number of nitrogens with one attached hydrogen (secondary N) is 1. The predicted octanol–water partition coefficient (Wildman–Crippen LogP) is 4.21. The normalized spacial score (nSPS) is 12.0. The van der Waals surface area contributed by atoms with Crippen molar-refractivity contribution >= 4 is 40.3 Å². The molecule has 3 rings (SSSR count). The Morgan fingerprint density at radius 1 is 1.26 bits per heavy atom. The highest BCUT2D eigenvalue weighted by Crippen LogP contribution is 2.25. The Balaban J connectivity index is 1.62. The van der Waals surface area contributed by atoms with Gasteiger partial charge in [-0.2, -0.15) is 0 Å². The number of aromatic nitrogens is 1. The quantitative estimate of drug-likeness (QED) is 0.664. The first kappa shape index (κ1) is 18.9. The fourth-order valence-corrected chi connectivity index (χ4v) is 2.71. The van der Waals surface area contributed by atoms with Crippen LogP contribution in [0.4, 0.5) is 5.82 Å². The Kier molecular flexibility index (Phi) is 5.46. The summed E-state index contributed by atoms with van der Waals surface area (Å²) in [7, 11) is 0. The number of fused-ring (bicyclic) bond motifs is 1. The van der Waals surface area contributed by atoms with E-state index in [1.54, 1.807) is 18.4 Å². The van der Waals surface area contributed by atoms with Crippen LogP contribution in [-0.4, -0.2) is 23.0 Å². The Morgan fingerprint density at radius 3 is 2.70 bits per heavy atom. The van der Waals surface area contributed by atoms with E-state index in [1.165, 1.54) is 13.1 Å². The van der Waals surface area contributed by atoms with Gasteiger partial charge in [0.05, 0.1) is 17.7 Å². The number of aryl methyl sites for hydroxylation is 2. The van der Waals surface area contributed by atoms with Gasteiger partial charge < -0.3 is 14.5 Å². The summed E-state index contributed by atoms with van der Waals surface area (Å²) in [6, 6.07) is 7.10. The molecule has 0 saturated carbocycles. The summed E-state index contributed by atoms with van der Waals surface area (Å²) in [4.78, 5) is 28.4. The fourth-order valence-electron chi connectivity index (χ4n) is 2.60. The van der Waals surface area contributed by atoms with Gasteiger partial charge in [0.1, 0.15) is 11.4 Å². The molecule has 2 aromatic heterocycles. The molecule has 3 aromatic rings. The second-order valence-electron chi connectivity index (χ2n) is 6.35. The minimum Gasteiger partial charge on any atom is -0.464 e. The first-order valence-electron chi connectivity index (χ1n) is 8.42. The molecule has 0 aliphatic rings. The highest BCUT2D eigenvalue weighted by molar-refractivity contribution is 6.30. The lowest BCUT2D eigenvalue weighted by atomic mass is 10.0. The molecular weight excluding hydrogens is 368 g/mol. The summed E-state index contributed by atoms with van der Waals surface area (Å²) in [5, 5.41) is 3.91. The molecule has 0 fully saturated rings. The molecule has 1 N–H and O–H groups in total. The Hall–Kier alpha value is -2.86. The Bertz CT molecular complexity index is 995. The van der Waals surface area contributed by atoms with Crippen molar-refractivity contribution in [3.8, 4) is 0 Å². The fraction of sp³-hybridized carbons (Fsp3) is 0.250. The first-order chi connectivity index (χ1) is 12.8. The van der Waals surface area contributed by atoms with E-state index < -0.39 is 18.0 Å². The van der Waals surface area contributed by atoms with Gasteiger partial charge in [0, 0.05) is 17.1 Å². The second kappa shape index (κ2) is 7.80. The molecule has 0 unspecified atom stereocenters. The van der Waals surface area contributed by atoms with Gasteiger partial charge in [-0.1, -0.05) is 11.6 Å². The van der Waals surface area contributed by atoms with Crippen molar-refractivity contribution in [2.24, 2.45) is 0 Å². The molecule has 0 spiro atoms. The molecule has 1 amide bonds. The van der Waals surface area contributed by atoms with Gasteiger partial charge >= 0.3 is 5.97 Å². The van der Waals surface area contributed by atoms with Crippen molar-refractivity contribution in [1.29, 1.82) is 0 Å². The lowest BCUT2D eigenvalue weighted by Crippen LogP contribution is -2.30. The molecule has 0 aliphatic carbocycles. The van der Waals surface area contributed by atoms with Gasteiger partial charge in [-0.3, -0.25) is 9.59 Å². The summed E-state index contributed by atoms with van der Waals surface area (Å²) < 4.78 is 10.8. The number of furan rings is 1. The summed E-state index contributed by atoms with van der Waals surface area (Å²) in [5.41, 5.74) is 3.68. The Morgan fingerprint density at radius 2 is 2.00 bits per heavy atom. The van der Waals surface area contributed by atoms with E-state index in [0.29, 0.717) is 10.8 Å². The number of anilines is 1. The topological polar surface area (TPSA) is 81.4 Å². The number of hydrogen-bond donors (Lipinski definition) is 1. The van der Waals surface area contributed by atoms with E-state index in [4.69, 9.17) is 20.8 Å². The van der Waals surface area contributed by atoms with Gasteiger partial charge in [-0.25, -0.2) is 4.98 Å². The van der Waals surface area contributed by atoms with Crippen LogP contribution in [0.1, 0.15) is 23.6 Å². The van der Waals surface area contributed by atoms with Gasteiger partial charge in [-0.05, 0) is 56.2 Å². The zero-order valence-corrected chi connectivity index (χ0v) is 16.0. The number of carbonyl (C=O) groups excluding carboxylic acids is 2. The number of benzene rings is 1. The molecule has 1 aromatic carbocycles. The standard InChI is InChI=1S/C20H19ClN2O4/c1-11-6-16-14(10-26-17(16)7-12(11)2)8-19(24)27-13(3)20(25)23-18-5-4-15(21)9-22-18/h4-7,9-10,13H,8H2,1-3H3,(H,22,23,25)/t13-/m1/s1. The van der Waals surface area contributed by atoms with E-state index in [0.717, 1.165) is 27.7 Å². The van der Waals surface area contributed by atoms with Crippen LogP contribution in [0.3, 0.4) is 0 Å². The van der Waals surface area contributed by atoms with Crippen molar-refractivity contribution in [3.63, 3.8) is 0 Å². The highest BCUT2D eigenvalue weighted by atomic mass is 35.5. The lowest BCUT2D eigenvalue weighted by Gasteiger charge is -2.13. The zero-order chi connectivity index (χ0) is 19.6. The summed E-state index contributed by atoms with van der Waals surface area (Å²) >= 11 is 5.75. The molecule has 7 heteroatoms. The minimum atomic E-state index is -0.961. The van der Waals surface area contributed by atoms with Crippen LogP contribution < -0.4 is 5.32 Å². The van der Waals surface area contributed by atoms with Crippen molar-refractivity contribution in [3.05, 3.63) is 58.4 Å². The van der Waals surface area contributed by atoms with Crippen molar-refractivity contribution < 1.29 is 18.7 Å². The number of nitrogens with zero attached hydrogens (tertiary/aromatic N) is 1. The molecule has 1 atom stereocenters. The van der Waals surface area contributed by atoms with Crippen LogP contribution in [0.2, 0.25) is 5.02 Å². The molecule has 140 valence electrons. The van der Waals surface area contributed by atoms with E-state index in [9.17, 15) is 9.59 Å². The Labute approximate surface area is 161 Å². The predicted molar refractivity (Wildman–Crippen MR) is 103 cm³/mol. The largest absolute Gasteiger partial charge is 0.464 e. The van der Waals surface area contributed by atoms with Gasteiger partial charge in [0.15, 0.2) is 6.10 Å². The van der Waals surface area contributed by atoms with E-state index in [1.807, 2.05) is 26.0 Å². The molecule has 0 radical (unpaired) electrons. The zero-order valence-electron chi connectivity index (χ0n) is 15.2. The van der Waals surface area contributed by atoms with Gasteiger partial charge in [0.25, 0.3) is 5.91 Å². The summed E-state index contributed by atoms with van der Waals surface area (Å²) in [6.07, 6.45) is 2.03. The molecular formula is C20H19ClN2O4. The summed E-state index contributed by atoms with van der Waals surface area (Å²) in [6.45, 7) is 5.51. The van der Waals surface area contributed by atoms with Crippen LogP contribution in [0.15, 0.2) is 41.1 Å². The molecule has 0 aliphatic heterocycles. The minimum absolute atomic E-state index is 0.0202. The van der Waals surface area contributed by atoms with Crippen LogP contribution in [0.5, 0.6) is 0 Å². The number of halogens is 1. The van der Waals surface area contributed by atoms with E-state index in [2.05, 4.69) is 10.3 Å². The van der Waals surface area contributed by atoms with Gasteiger partial charge in [0.2, 0.25) is 0 Å². The average Bonchev–Trinajstić information content (AvgIpc) is 2.98. The number of hydrogen-bond acceptors (Lipinski definition) is 5. The number of amides is 1. The smallest absolute Gasteiger partial charge is 0.311 e. The first-order valence-corrected chi connectivity index (χ1v) is 8.80. The van der Waals surface area contributed by atoms with E-state index in [-0.39, 0.29) is 6.42 Å². The molecule has 6 nitrogen and oxygen atoms in total. The van der Waals surface area contributed by atoms with Gasteiger partial charge in [-0.15, -0.1) is 0 Å². The third-order valence-corrected chi connectivity index (χ3v) is 4.48. The molecule has 2 heterocycles. The molecule has 0 bridgehead atoms. The number of ether oxygens (including phenoxy) is 1. The van der Waals surface area contributed by atoms with Crippen molar-refractivity contribution in [2.45, 2.75) is 33.3 Å². The SMILES string of the molecule is Cc1cc2occ(CC(=O)O[C@H](C)C(=O)Nc3ccc(Cl)cn3)c2cc1C. The average molecular weight is 387 g/mol. The monoisotopic (exact) mass is 386 g/mol. The molecule has 0 saturated heterocycles. The number of esters is 1. The summed E-state index contributed by atoms with van der Waals surface area (Å²) in [5.74, 6) is -0.650. The maximum atomic E-state index is 12.2. The maximum absolute atomic E-state index is 12.2. The number of pyridine rings is 1. The number of carbonyl (C=O) groups is 2. The van der Waals surface area contributed by atoms with Crippen LogP contribution in [0, 0.1) is 13.8 Å². The third kappa shape index (κ3) is 4.46. The van der Waals surface area contributed by atoms with E-state index >= 15 is 0 Å². The molecule has 27 heavy (non-hydrogen) atoms. The van der Waals surface area contributed by atoms with Crippen LogP contribution in [0.25, 0.3) is 11.0 Å².